The Hall–Kier alpha value is -3.64. The first-order chi connectivity index (χ1) is 14.8. The number of rotatable bonds is 2. The van der Waals surface area contributed by atoms with Crippen molar-refractivity contribution >= 4 is 49.6 Å². The standard InChI is InChI=1S/C24H17N3O2S/c28-24-19-13-26(16-6-2-1-3-7-16)15-27(17-10-11-20-22(12-17)30-14-25-20)23(19)18-8-4-5-9-21(18)29-24/h1-12,14H,13,15H2. The summed E-state index contributed by atoms with van der Waals surface area (Å²) in [6.45, 7) is 1.14. The number of hydrogen-bond donors (Lipinski definition) is 0. The molecule has 6 rings (SSSR count). The van der Waals surface area contributed by atoms with Gasteiger partial charge >= 0.3 is 5.63 Å². The van der Waals surface area contributed by atoms with E-state index in [2.05, 4.69) is 39.0 Å². The van der Waals surface area contributed by atoms with E-state index in [1.165, 1.54) is 0 Å². The van der Waals surface area contributed by atoms with Gasteiger partial charge in [-0.05, 0) is 42.5 Å². The summed E-state index contributed by atoms with van der Waals surface area (Å²) in [6, 6.07) is 24.2. The summed E-state index contributed by atoms with van der Waals surface area (Å²) >= 11 is 1.62. The van der Waals surface area contributed by atoms with Crippen LogP contribution in [-0.4, -0.2) is 11.7 Å². The molecule has 0 saturated carbocycles. The van der Waals surface area contributed by atoms with Crippen LogP contribution in [0.2, 0.25) is 0 Å². The second-order valence-electron chi connectivity index (χ2n) is 7.32. The molecule has 0 atom stereocenters. The summed E-state index contributed by atoms with van der Waals surface area (Å²) in [4.78, 5) is 21.8. The summed E-state index contributed by atoms with van der Waals surface area (Å²) < 4.78 is 6.79. The maximum Gasteiger partial charge on any atom is 0.343 e. The van der Waals surface area contributed by atoms with Crippen molar-refractivity contribution in [2.24, 2.45) is 0 Å². The average molecular weight is 411 g/mol. The van der Waals surface area contributed by atoms with Crippen molar-refractivity contribution in [2.45, 2.75) is 6.54 Å². The van der Waals surface area contributed by atoms with Gasteiger partial charge in [0.2, 0.25) is 0 Å². The number of hydrogen-bond acceptors (Lipinski definition) is 6. The smallest absolute Gasteiger partial charge is 0.343 e. The van der Waals surface area contributed by atoms with Crippen molar-refractivity contribution in [2.75, 3.05) is 16.5 Å². The van der Waals surface area contributed by atoms with Crippen molar-refractivity contribution in [3.8, 4) is 0 Å². The third-order valence-electron chi connectivity index (χ3n) is 5.56. The summed E-state index contributed by atoms with van der Waals surface area (Å²) in [6.07, 6.45) is 0. The van der Waals surface area contributed by atoms with E-state index in [0.29, 0.717) is 24.4 Å². The first-order valence-electron chi connectivity index (χ1n) is 9.73. The molecule has 5 aromatic rings. The van der Waals surface area contributed by atoms with Gasteiger partial charge in [-0.15, -0.1) is 11.3 Å². The molecule has 0 fully saturated rings. The Morgan fingerprint density at radius 1 is 0.933 bits per heavy atom. The van der Waals surface area contributed by atoms with E-state index in [0.717, 1.165) is 32.7 Å². The number of anilines is 3. The molecule has 30 heavy (non-hydrogen) atoms. The van der Waals surface area contributed by atoms with E-state index in [1.807, 2.05) is 54.0 Å². The van der Waals surface area contributed by atoms with E-state index in [4.69, 9.17) is 4.42 Å². The monoisotopic (exact) mass is 411 g/mol. The van der Waals surface area contributed by atoms with Crippen LogP contribution in [0, 0.1) is 0 Å². The zero-order valence-corrected chi connectivity index (χ0v) is 16.8. The van der Waals surface area contributed by atoms with E-state index < -0.39 is 0 Å². The molecule has 1 aliphatic heterocycles. The van der Waals surface area contributed by atoms with Gasteiger partial charge in [0.05, 0.1) is 40.2 Å². The number of thiazole rings is 1. The molecule has 5 nitrogen and oxygen atoms in total. The predicted octanol–water partition coefficient (Wildman–Crippen LogP) is 5.52. The number of aromatic nitrogens is 1. The van der Waals surface area contributed by atoms with Crippen LogP contribution in [0.5, 0.6) is 0 Å². The van der Waals surface area contributed by atoms with Crippen molar-refractivity contribution < 1.29 is 4.42 Å². The third-order valence-corrected chi connectivity index (χ3v) is 6.35. The highest BCUT2D eigenvalue weighted by Gasteiger charge is 2.29. The lowest BCUT2D eigenvalue weighted by molar-refractivity contribution is 0.543. The second-order valence-corrected chi connectivity index (χ2v) is 8.21. The molecule has 0 amide bonds. The minimum atomic E-state index is -0.284. The van der Waals surface area contributed by atoms with Gasteiger partial charge in [-0.1, -0.05) is 30.3 Å². The highest BCUT2D eigenvalue weighted by Crippen LogP contribution is 2.40. The van der Waals surface area contributed by atoms with Crippen molar-refractivity contribution in [1.29, 1.82) is 0 Å². The van der Waals surface area contributed by atoms with Gasteiger partial charge in [-0.3, -0.25) is 0 Å². The Morgan fingerprint density at radius 3 is 2.67 bits per heavy atom. The van der Waals surface area contributed by atoms with Crippen molar-refractivity contribution in [1.82, 2.24) is 4.98 Å². The lowest BCUT2D eigenvalue weighted by atomic mass is 10.0. The van der Waals surface area contributed by atoms with Crippen LogP contribution >= 0.6 is 11.3 Å². The van der Waals surface area contributed by atoms with E-state index in [1.54, 1.807) is 11.3 Å². The third kappa shape index (κ3) is 2.69. The topological polar surface area (TPSA) is 49.6 Å². The van der Waals surface area contributed by atoms with Gasteiger partial charge in [-0.2, -0.15) is 0 Å². The van der Waals surface area contributed by atoms with Crippen LogP contribution in [0.1, 0.15) is 5.56 Å². The summed E-state index contributed by atoms with van der Waals surface area (Å²) in [5.41, 5.74) is 6.87. The van der Waals surface area contributed by atoms with Gasteiger partial charge in [0, 0.05) is 16.8 Å². The Bertz CT molecular complexity index is 1440. The fourth-order valence-corrected chi connectivity index (χ4v) is 4.85. The molecular weight excluding hydrogens is 394 g/mol. The molecule has 6 heteroatoms. The van der Waals surface area contributed by atoms with Gasteiger partial charge < -0.3 is 14.2 Å². The number of nitrogens with zero attached hydrogens (tertiary/aromatic N) is 3. The highest BCUT2D eigenvalue weighted by molar-refractivity contribution is 7.16. The average Bonchev–Trinajstić information content (AvgIpc) is 3.27. The van der Waals surface area contributed by atoms with Crippen LogP contribution < -0.4 is 15.4 Å². The van der Waals surface area contributed by atoms with Crippen LogP contribution in [-0.2, 0) is 6.54 Å². The maximum atomic E-state index is 13.0. The van der Waals surface area contributed by atoms with E-state index >= 15 is 0 Å². The predicted molar refractivity (Wildman–Crippen MR) is 122 cm³/mol. The molecule has 1 aliphatic rings. The van der Waals surface area contributed by atoms with Crippen LogP contribution in [0.15, 0.2) is 87.5 Å². The quantitative estimate of drug-likeness (QED) is 0.358. The molecule has 0 saturated heterocycles. The van der Waals surface area contributed by atoms with Gasteiger partial charge in [0.25, 0.3) is 0 Å². The molecule has 3 heterocycles. The maximum absolute atomic E-state index is 13.0. The van der Waals surface area contributed by atoms with Crippen molar-refractivity contribution in [3.05, 3.63) is 94.3 Å². The summed E-state index contributed by atoms with van der Waals surface area (Å²) in [5.74, 6) is 0. The number of benzene rings is 3. The van der Waals surface area contributed by atoms with E-state index in [-0.39, 0.29) is 5.63 Å². The van der Waals surface area contributed by atoms with Crippen LogP contribution in [0.4, 0.5) is 17.1 Å². The van der Waals surface area contributed by atoms with Gasteiger partial charge in [0.1, 0.15) is 5.58 Å². The minimum absolute atomic E-state index is 0.284. The minimum Gasteiger partial charge on any atom is -0.422 e. The molecule has 0 spiro atoms. The largest absolute Gasteiger partial charge is 0.422 e. The molecule has 146 valence electrons. The summed E-state index contributed by atoms with van der Waals surface area (Å²) in [7, 11) is 0. The Labute approximate surface area is 176 Å². The molecule has 0 radical (unpaired) electrons. The molecule has 0 aliphatic carbocycles. The molecule has 3 aromatic carbocycles. The second kappa shape index (κ2) is 6.71. The lowest BCUT2D eigenvalue weighted by Gasteiger charge is -2.39. The lowest BCUT2D eigenvalue weighted by Crippen LogP contribution is -2.42. The normalized spacial score (nSPS) is 13.7. The Morgan fingerprint density at radius 2 is 1.77 bits per heavy atom. The fourth-order valence-electron chi connectivity index (χ4n) is 4.14. The fraction of sp³-hybridized carbons (Fsp3) is 0.0833. The first-order valence-corrected chi connectivity index (χ1v) is 10.6. The van der Waals surface area contributed by atoms with Gasteiger partial charge in [0.15, 0.2) is 0 Å². The molecule has 2 aromatic heterocycles. The van der Waals surface area contributed by atoms with Crippen LogP contribution in [0.25, 0.3) is 21.2 Å². The summed E-state index contributed by atoms with van der Waals surface area (Å²) in [5, 5.41) is 0.948. The number of para-hydroxylation sites is 2. The number of fused-ring (bicyclic) bond motifs is 4. The highest BCUT2D eigenvalue weighted by atomic mass is 32.1. The Kier molecular flexibility index (Phi) is 3.86. The first kappa shape index (κ1) is 17.2. The zero-order valence-electron chi connectivity index (χ0n) is 16.0. The van der Waals surface area contributed by atoms with E-state index in [9.17, 15) is 4.79 Å². The van der Waals surface area contributed by atoms with Gasteiger partial charge in [-0.25, -0.2) is 9.78 Å². The Balaban J connectivity index is 1.61. The van der Waals surface area contributed by atoms with Crippen LogP contribution in [0.3, 0.4) is 0 Å². The van der Waals surface area contributed by atoms with Crippen molar-refractivity contribution in [3.63, 3.8) is 0 Å². The zero-order chi connectivity index (χ0) is 20.1. The molecule has 0 N–H and O–H groups in total. The molecule has 0 bridgehead atoms. The molecule has 0 unspecified atom stereocenters. The molecular formula is C24H17N3O2S. The SMILES string of the molecule is O=c1oc2ccccc2c2c1CN(c1ccccc1)CN2c1ccc2ncsc2c1.